The molecule has 2 atom stereocenters. The van der Waals surface area contributed by atoms with Crippen LogP contribution in [-0.4, -0.2) is 50.4 Å². The van der Waals surface area contributed by atoms with Crippen LogP contribution in [0.5, 0.6) is 5.75 Å². The van der Waals surface area contributed by atoms with Gasteiger partial charge in [0, 0.05) is 28.2 Å². The van der Waals surface area contributed by atoms with Gasteiger partial charge >= 0.3 is 0 Å². The Balaban J connectivity index is 2.09. The maximum Gasteiger partial charge on any atom is 0.264 e. The number of ether oxygens (including phenoxy) is 1. The molecule has 0 aliphatic heterocycles. The SMILES string of the molecule is CCOc1ccc(S(=O)(=O)N(CC(=O)N(Cc2c(Cl)cccc2Cl)[C@H](CC)C(=O)N[C@H](C)CC)c2ccc(C)cc2)cc1. The summed E-state index contributed by atoms with van der Waals surface area (Å²) < 4.78 is 34.7. The second kappa shape index (κ2) is 15.5. The minimum absolute atomic E-state index is 0.00779. The van der Waals surface area contributed by atoms with Gasteiger partial charge in [0.15, 0.2) is 0 Å². The molecule has 0 radical (unpaired) electrons. The van der Waals surface area contributed by atoms with Crippen LogP contribution in [0.3, 0.4) is 0 Å². The quantitative estimate of drug-likeness (QED) is 0.212. The highest BCUT2D eigenvalue weighted by atomic mass is 35.5. The van der Waals surface area contributed by atoms with Crippen LogP contribution in [0.15, 0.2) is 71.6 Å². The fourth-order valence-corrected chi connectivity index (χ4v) is 6.39. The number of aryl methyl sites for hydroxylation is 1. The summed E-state index contributed by atoms with van der Waals surface area (Å²) in [6, 6.07) is 16.9. The highest BCUT2D eigenvalue weighted by Crippen LogP contribution is 2.29. The van der Waals surface area contributed by atoms with Gasteiger partial charge in [0.1, 0.15) is 18.3 Å². The minimum atomic E-state index is -4.21. The summed E-state index contributed by atoms with van der Waals surface area (Å²) in [6.45, 7) is 9.13. The van der Waals surface area contributed by atoms with Crippen molar-refractivity contribution in [3.63, 3.8) is 0 Å². The molecule has 0 aromatic heterocycles. The molecule has 1 N–H and O–H groups in total. The Labute approximate surface area is 265 Å². The van der Waals surface area contributed by atoms with Crippen molar-refractivity contribution in [3.8, 4) is 5.75 Å². The van der Waals surface area contributed by atoms with Crippen molar-refractivity contribution < 1.29 is 22.7 Å². The van der Waals surface area contributed by atoms with E-state index in [9.17, 15) is 18.0 Å². The number of benzene rings is 3. The van der Waals surface area contributed by atoms with E-state index in [2.05, 4.69) is 5.32 Å². The second-order valence-electron chi connectivity index (χ2n) is 10.2. The molecule has 0 saturated carbocycles. The van der Waals surface area contributed by atoms with Crippen LogP contribution in [0.1, 0.15) is 51.7 Å². The lowest BCUT2D eigenvalue weighted by atomic mass is 10.1. The zero-order valence-electron chi connectivity index (χ0n) is 25.1. The number of rotatable bonds is 14. The first-order chi connectivity index (χ1) is 20.4. The predicted molar refractivity (Wildman–Crippen MR) is 172 cm³/mol. The Morgan fingerprint density at radius 3 is 2.05 bits per heavy atom. The van der Waals surface area contributed by atoms with Crippen LogP contribution in [0.2, 0.25) is 10.0 Å². The molecule has 3 aromatic carbocycles. The Hall–Kier alpha value is -3.27. The van der Waals surface area contributed by atoms with Gasteiger partial charge in [0.25, 0.3) is 10.0 Å². The van der Waals surface area contributed by atoms with E-state index >= 15 is 0 Å². The summed E-state index contributed by atoms with van der Waals surface area (Å²) in [6.07, 6.45) is 0.986. The first-order valence-corrected chi connectivity index (χ1v) is 16.5. The predicted octanol–water partition coefficient (Wildman–Crippen LogP) is 6.62. The van der Waals surface area contributed by atoms with Crippen molar-refractivity contribution in [3.05, 3.63) is 87.9 Å². The molecule has 8 nitrogen and oxygen atoms in total. The van der Waals surface area contributed by atoms with E-state index in [0.717, 1.165) is 9.87 Å². The number of amides is 2. The Morgan fingerprint density at radius 2 is 1.51 bits per heavy atom. The molecular formula is C32H39Cl2N3O5S. The number of halogens is 2. The van der Waals surface area contributed by atoms with Crippen molar-refractivity contribution in [1.29, 1.82) is 0 Å². The molecule has 0 heterocycles. The Kier molecular flexibility index (Phi) is 12.3. The maximum atomic E-state index is 14.2. The van der Waals surface area contributed by atoms with Gasteiger partial charge in [-0.25, -0.2) is 8.42 Å². The number of nitrogens with zero attached hydrogens (tertiary/aromatic N) is 2. The highest BCUT2D eigenvalue weighted by molar-refractivity contribution is 7.92. The number of anilines is 1. The van der Waals surface area contributed by atoms with E-state index in [4.69, 9.17) is 27.9 Å². The smallest absolute Gasteiger partial charge is 0.264 e. The fraction of sp³-hybridized carbons (Fsp3) is 0.375. The van der Waals surface area contributed by atoms with Crippen molar-refractivity contribution >= 4 is 50.7 Å². The van der Waals surface area contributed by atoms with Crippen LogP contribution in [0, 0.1) is 6.92 Å². The molecule has 2 amide bonds. The molecule has 0 bridgehead atoms. The van der Waals surface area contributed by atoms with E-state index in [1.807, 2.05) is 27.7 Å². The van der Waals surface area contributed by atoms with Crippen LogP contribution in [-0.2, 0) is 26.2 Å². The molecule has 43 heavy (non-hydrogen) atoms. The molecule has 0 unspecified atom stereocenters. The molecule has 0 aliphatic rings. The summed E-state index contributed by atoms with van der Waals surface area (Å²) in [5.41, 5.74) is 1.70. The van der Waals surface area contributed by atoms with Crippen molar-refractivity contribution in [2.75, 3.05) is 17.5 Å². The monoisotopic (exact) mass is 647 g/mol. The lowest BCUT2D eigenvalue weighted by Gasteiger charge is -2.34. The van der Waals surface area contributed by atoms with Gasteiger partial charge in [0.05, 0.1) is 17.2 Å². The molecule has 0 fully saturated rings. The summed E-state index contributed by atoms with van der Waals surface area (Å²) in [5, 5.41) is 3.62. The van der Waals surface area contributed by atoms with E-state index in [1.54, 1.807) is 61.5 Å². The number of hydrogen-bond donors (Lipinski definition) is 1. The number of carbonyl (C=O) groups excluding carboxylic acids is 2. The molecule has 232 valence electrons. The van der Waals surface area contributed by atoms with Crippen LogP contribution >= 0.6 is 23.2 Å². The maximum absolute atomic E-state index is 14.2. The topological polar surface area (TPSA) is 96.0 Å². The lowest BCUT2D eigenvalue weighted by molar-refractivity contribution is -0.140. The molecule has 0 aliphatic carbocycles. The minimum Gasteiger partial charge on any atom is -0.494 e. The van der Waals surface area contributed by atoms with E-state index in [0.29, 0.717) is 40.1 Å². The van der Waals surface area contributed by atoms with Gasteiger partial charge in [-0.05, 0) is 82.1 Å². The largest absolute Gasteiger partial charge is 0.494 e. The fourth-order valence-electron chi connectivity index (χ4n) is 4.46. The molecule has 0 spiro atoms. The first kappa shape index (κ1) is 34.2. The lowest BCUT2D eigenvalue weighted by Crippen LogP contribution is -2.53. The van der Waals surface area contributed by atoms with Crippen LogP contribution < -0.4 is 14.4 Å². The van der Waals surface area contributed by atoms with Gasteiger partial charge in [-0.15, -0.1) is 0 Å². The zero-order valence-corrected chi connectivity index (χ0v) is 27.5. The molecule has 0 saturated heterocycles. The van der Waals surface area contributed by atoms with Crippen molar-refractivity contribution in [2.24, 2.45) is 0 Å². The van der Waals surface area contributed by atoms with E-state index < -0.39 is 28.5 Å². The summed E-state index contributed by atoms with van der Waals surface area (Å²) >= 11 is 13.0. The Bertz CT molecular complexity index is 1480. The van der Waals surface area contributed by atoms with Crippen LogP contribution in [0.4, 0.5) is 5.69 Å². The van der Waals surface area contributed by atoms with Crippen molar-refractivity contribution in [1.82, 2.24) is 10.2 Å². The first-order valence-electron chi connectivity index (χ1n) is 14.3. The molecule has 3 aromatic rings. The molecular weight excluding hydrogens is 609 g/mol. The number of nitrogens with one attached hydrogen (secondary N) is 1. The summed E-state index contributed by atoms with van der Waals surface area (Å²) in [5.74, 6) is -0.401. The average Bonchev–Trinajstić information content (AvgIpc) is 2.98. The number of carbonyl (C=O) groups is 2. The molecule has 3 rings (SSSR count). The van der Waals surface area contributed by atoms with E-state index in [-0.39, 0.29) is 29.8 Å². The third-order valence-corrected chi connectivity index (χ3v) is 9.60. The normalized spacial score (nSPS) is 12.7. The molecule has 11 heteroatoms. The Morgan fingerprint density at radius 1 is 0.907 bits per heavy atom. The number of hydrogen-bond acceptors (Lipinski definition) is 5. The third kappa shape index (κ3) is 8.65. The highest BCUT2D eigenvalue weighted by Gasteiger charge is 2.34. The van der Waals surface area contributed by atoms with E-state index in [1.165, 1.54) is 17.0 Å². The standard InChI is InChI=1S/C32H39Cl2N3O5S/c1-6-23(5)35-32(39)30(7-2)36(20-27-28(33)10-9-11-29(27)34)31(38)21-37(24-14-12-22(4)13-15-24)43(40,41)26-18-16-25(17-19-26)42-8-3/h9-19,23,30H,6-8,20-21H2,1-5H3,(H,35,39)/t23-,30-/m1/s1. The van der Waals surface area contributed by atoms with Gasteiger partial charge in [-0.3, -0.25) is 13.9 Å². The van der Waals surface area contributed by atoms with Gasteiger partial charge in [0.2, 0.25) is 11.8 Å². The summed E-state index contributed by atoms with van der Waals surface area (Å²) in [4.78, 5) is 29.0. The van der Waals surface area contributed by atoms with Gasteiger partial charge < -0.3 is 15.0 Å². The van der Waals surface area contributed by atoms with Gasteiger partial charge in [-0.2, -0.15) is 0 Å². The van der Waals surface area contributed by atoms with Gasteiger partial charge in [-0.1, -0.05) is 60.8 Å². The van der Waals surface area contributed by atoms with Crippen molar-refractivity contribution in [2.45, 2.75) is 71.0 Å². The third-order valence-electron chi connectivity index (χ3n) is 7.10. The van der Waals surface area contributed by atoms with Crippen LogP contribution in [0.25, 0.3) is 0 Å². The second-order valence-corrected chi connectivity index (χ2v) is 12.9. The summed E-state index contributed by atoms with van der Waals surface area (Å²) in [7, 11) is -4.21. The number of sulfonamides is 1. The average molecular weight is 649 g/mol. The zero-order chi connectivity index (χ0) is 31.7.